The third-order valence-electron chi connectivity index (χ3n) is 2.36. The summed E-state index contributed by atoms with van der Waals surface area (Å²) in [6.07, 6.45) is 2.09. The van der Waals surface area contributed by atoms with E-state index >= 15 is 0 Å². The Morgan fingerprint density at radius 2 is 2.21 bits per heavy atom. The summed E-state index contributed by atoms with van der Waals surface area (Å²) in [6, 6.07) is 1.80. The highest BCUT2D eigenvalue weighted by atomic mass is 16.5. The number of nitrogens with zero attached hydrogens (tertiary/aromatic N) is 1. The van der Waals surface area contributed by atoms with Gasteiger partial charge >= 0.3 is 0 Å². The van der Waals surface area contributed by atoms with Crippen molar-refractivity contribution in [3.63, 3.8) is 0 Å². The van der Waals surface area contributed by atoms with Crippen LogP contribution >= 0.6 is 0 Å². The molecule has 0 saturated heterocycles. The maximum atomic E-state index is 5.27. The van der Waals surface area contributed by atoms with Gasteiger partial charge in [0.2, 0.25) is 5.88 Å². The average Bonchev–Trinajstić information content (AvgIpc) is 2.27. The number of pyridine rings is 1. The van der Waals surface area contributed by atoms with Crippen LogP contribution < -0.4 is 14.8 Å². The summed E-state index contributed by atoms with van der Waals surface area (Å²) >= 11 is 0. The maximum absolute atomic E-state index is 5.27. The highest BCUT2D eigenvalue weighted by Gasteiger charge is 2.16. The van der Waals surface area contributed by atoms with Crippen LogP contribution in [0.2, 0.25) is 0 Å². The second kappa shape index (κ2) is 3.74. The van der Waals surface area contributed by atoms with Crippen molar-refractivity contribution in [2.24, 2.45) is 0 Å². The first-order valence-electron chi connectivity index (χ1n) is 4.71. The van der Waals surface area contributed by atoms with E-state index in [1.54, 1.807) is 20.3 Å². The van der Waals surface area contributed by atoms with Gasteiger partial charge in [0.05, 0.1) is 25.6 Å². The van der Waals surface area contributed by atoms with Gasteiger partial charge in [0.15, 0.2) is 0 Å². The van der Waals surface area contributed by atoms with E-state index in [-0.39, 0.29) is 0 Å². The van der Waals surface area contributed by atoms with Crippen molar-refractivity contribution in [3.05, 3.63) is 11.8 Å². The number of nitrogens with one attached hydrogen (secondary N) is 1. The molecule has 0 fully saturated rings. The summed E-state index contributed by atoms with van der Waals surface area (Å²) in [5.74, 6) is 1.43. The van der Waals surface area contributed by atoms with Crippen LogP contribution in [-0.4, -0.2) is 25.7 Å². The summed E-state index contributed by atoms with van der Waals surface area (Å²) in [5.41, 5.74) is 2.05. The molecule has 0 atom stereocenters. The van der Waals surface area contributed by atoms with Crippen LogP contribution in [0.15, 0.2) is 6.07 Å². The number of ether oxygens (including phenoxy) is 2. The van der Waals surface area contributed by atoms with Gasteiger partial charge in [-0.15, -0.1) is 0 Å². The fraction of sp³-hybridized carbons (Fsp3) is 0.500. The van der Waals surface area contributed by atoms with Gasteiger partial charge < -0.3 is 14.8 Å². The Labute approximate surface area is 83.2 Å². The summed E-state index contributed by atoms with van der Waals surface area (Å²) in [6.45, 7) is 0.984. The third-order valence-corrected chi connectivity index (χ3v) is 2.36. The van der Waals surface area contributed by atoms with Crippen LogP contribution in [0.25, 0.3) is 0 Å². The molecule has 1 aliphatic heterocycles. The van der Waals surface area contributed by atoms with Crippen LogP contribution in [0.5, 0.6) is 11.6 Å². The fourth-order valence-corrected chi connectivity index (χ4v) is 1.65. The molecule has 0 unspecified atom stereocenters. The largest absolute Gasteiger partial charge is 0.494 e. The SMILES string of the molecule is COc1cc(OC)c2c(n1)CCCN2. The number of anilines is 1. The van der Waals surface area contributed by atoms with Gasteiger partial charge in [0.1, 0.15) is 5.75 Å². The van der Waals surface area contributed by atoms with Crippen molar-refractivity contribution in [1.29, 1.82) is 0 Å². The second-order valence-corrected chi connectivity index (χ2v) is 3.22. The zero-order chi connectivity index (χ0) is 9.97. The van der Waals surface area contributed by atoms with E-state index in [2.05, 4.69) is 10.3 Å². The zero-order valence-electron chi connectivity index (χ0n) is 8.46. The Hall–Kier alpha value is -1.45. The van der Waals surface area contributed by atoms with Gasteiger partial charge in [0, 0.05) is 12.6 Å². The Morgan fingerprint density at radius 1 is 1.36 bits per heavy atom. The van der Waals surface area contributed by atoms with E-state index in [1.165, 1.54) is 0 Å². The summed E-state index contributed by atoms with van der Waals surface area (Å²) in [4.78, 5) is 4.38. The topological polar surface area (TPSA) is 43.4 Å². The molecule has 0 aliphatic carbocycles. The summed E-state index contributed by atoms with van der Waals surface area (Å²) in [5, 5.41) is 3.29. The lowest BCUT2D eigenvalue weighted by Gasteiger charge is -2.20. The lowest BCUT2D eigenvalue weighted by molar-refractivity contribution is 0.380. The second-order valence-electron chi connectivity index (χ2n) is 3.22. The number of hydrogen-bond acceptors (Lipinski definition) is 4. The molecule has 1 N–H and O–H groups in total. The Balaban J connectivity index is 2.47. The number of aryl methyl sites for hydroxylation is 1. The molecule has 76 valence electrons. The van der Waals surface area contributed by atoms with Crippen LogP contribution in [0.3, 0.4) is 0 Å². The van der Waals surface area contributed by atoms with E-state index in [4.69, 9.17) is 9.47 Å². The predicted molar refractivity (Wildman–Crippen MR) is 54.2 cm³/mol. The van der Waals surface area contributed by atoms with E-state index in [9.17, 15) is 0 Å². The monoisotopic (exact) mass is 194 g/mol. The molecule has 2 heterocycles. The van der Waals surface area contributed by atoms with Gasteiger partial charge in [-0.05, 0) is 12.8 Å². The molecule has 1 aromatic rings. The molecule has 14 heavy (non-hydrogen) atoms. The first kappa shape index (κ1) is 9.12. The first-order valence-corrected chi connectivity index (χ1v) is 4.71. The minimum absolute atomic E-state index is 0.615. The van der Waals surface area contributed by atoms with Crippen LogP contribution in [0, 0.1) is 0 Å². The predicted octanol–water partition coefficient (Wildman–Crippen LogP) is 1.46. The molecular weight excluding hydrogens is 180 g/mol. The summed E-state index contributed by atoms with van der Waals surface area (Å²) in [7, 11) is 3.27. The van der Waals surface area contributed by atoms with E-state index in [0.717, 1.165) is 36.5 Å². The van der Waals surface area contributed by atoms with Crippen molar-refractivity contribution in [1.82, 2.24) is 4.98 Å². The molecule has 2 rings (SSSR count). The third kappa shape index (κ3) is 1.47. The highest BCUT2D eigenvalue weighted by molar-refractivity contribution is 5.62. The minimum atomic E-state index is 0.615. The number of methoxy groups -OCH3 is 2. The Bertz CT molecular complexity index is 322. The van der Waals surface area contributed by atoms with Crippen molar-refractivity contribution >= 4 is 5.69 Å². The van der Waals surface area contributed by atoms with E-state index in [0.29, 0.717) is 5.88 Å². The number of rotatable bonds is 2. The Morgan fingerprint density at radius 3 is 2.93 bits per heavy atom. The lowest BCUT2D eigenvalue weighted by Crippen LogP contribution is -2.14. The van der Waals surface area contributed by atoms with Gasteiger partial charge in [0.25, 0.3) is 0 Å². The van der Waals surface area contributed by atoms with Gasteiger partial charge in [-0.2, -0.15) is 0 Å². The number of aromatic nitrogens is 1. The molecular formula is C10H14N2O2. The smallest absolute Gasteiger partial charge is 0.217 e. The molecule has 0 amide bonds. The maximum Gasteiger partial charge on any atom is 0.217 e. The van der Waals surface area contributed by atoms with Crippen LogP contribution in [0.4, 0.5) is 5.69 Å². The fourth-order valence-electron chi connectivity index (χ4n) is 1.65. The first-order chi connectivity index (χ1) is 6.85. The standard InChI is InChI=1S/C10H14N2O2/c1-13-8-6-9(14-2)12-7-4-3-5-11-10(7)8/h6,11H,3-5H2,1-2H3. The Kier molecular flexibility index (Phi) is 2.43. The van der Waals surface area contributed by atoms with Gasteiger partial charge in [-0.1, -0.05) is 0 Å². The highest BCUT2D eigenvalue weighted by Crippen LogP contribution is 2.33. The number of hydrogen-bond donors (Lipinski definition) is 1. The molecule has 0 radical (unpaired) electrons. The quantitative estimate of drug-likeness (QED) is 0.774. The zero-order valence-corrected chi connectivity index (χ0v) is 8.46. The van der Waals surface area contributed by atoms with E-state index in [1.807, 2.05) is 0 Å². The minimum Gasteiger partial charge on any atom is -0.494 e. The molecule has 0 aromatic carbocycles. The molecule has 4 heteroatoms. The van der Waals surface area contributed by atoms with E-state index < -0.39 is 0 Å². The van der Waals surface area contributed by atoms with Gasteiger partial charge in [-0.3, -0.25) is 0 Å². The van der Waals surface area contributed by atoms with Crippen molar-refractivity contribution < 1.29 is 9.47 Å². The lowest BCUT2D eigenvalue weighted by atomic mass is 10.1. The molecule has 0 saturated carbocycles. The normalized spacial score (nSPS) is 14.1. The summed E-state index contributed by atoms with van der Waals surface area (Å²) < 4.78 is 10.4. The molecule has 1 aromatic heterocycles. The number of fused-ring (bicyclic) bond motifs is 1. The molecule has 0 spiro atoms. The van der Waals surface area contributed by atoms with Crippen molar-refractivity contribution in [2.45, 2.75) is 12.8 Å². The van der Waals surface area contributed by atoms with Crippen molar-refractivity contribution in [2.75, 3.05) is 26.1 Å². The van der Waals surface area contributed by atoms with Crippen molar-refractivity contribution in [3.8, 4) is 11.6 Å². The average molecular weight is 194 g/mol. The van der Waals surface area contributed by atoms with Crippen LogP contribution in [0.1, 0.15) is 12.1 Å². The van der Waals surface area contributed by atoms with Gasteiger partial charge in [-0.25, -0.2) is 4.98 Å². The van der Waals surface area contributed by atoms with Crippen LogP contribution in [-0.2, 0) is 6.42 Å². The molecule has 1 aliphatic rings. The molecule has 4 nitrogen and oxygen atoms in total. The molecule has 0 bridgehead atoms.